The lowest BCUT2D eigenvalue weighted by Crippen LogP contribution is -2.45. The number of thioether (sulfide) groups is 1. The van der Waals surface area contributed by atoms with Gasteiger partial charge in [0.25, 0.3) is 0 Å². The number of nitrogens with one attached hydrogen (secondary N) is 2. The highest BCUT2D eigenvalue weighted by atomic mass is 32.2. The summed E-state index contributed by atoms with van der Waals surface area (Å²) in [4.78, 5) is 82.1. The van der Waals surface area contributed by atoms with Gasteiger partial charge in [-0.05, 0) is 52.4 Å². The van der Waals surface area contributed by atoms with E-state index in [2.05, 4.69) is 20.9 Å². The molecule has 0 spiro atoms. The summed E-state index contributed by atoms with van der Waals surface area (Å²) < 4.78 is 10.3. The molecule has 0 atom stereocenters. The SMILES string of the molecule is CC/C(C)=N/OC(=O)CCCCCCCNC(=O)N(CCCCCCNC(=O)O/N=C(\C)CC)C(=O)OCCOC(=O)CCSCCC(=O)O. The third-order valence-electron chi connectivity index (χ3n) is 6.97. The van der Waals surface area contributed by atoms with E-state index in [4.69, 9.17) is 24.3 Å². The van der Waals surface area contributed by atoms with Crippen LogP contribution in [0.4, 0.5) is 14.4 Å². The molecule has 0 fully saturated rings. The topological polar surface area (TPSA) is 212 Å². The maximum Gasteiger partial charge on any atom is 0.433 e. The van der Waals surface area contributed by atoms with Gasteiger partial charge in [-0.1, -0.05) is 56.3 Å². The molecule has 0 unspecified atom stereocenters. The highest BCUT2D eigenvalue weighted by Crippen LogP contribution is 2.08. The van der Waals surface area contributed by atoms with E-state index in [1.807, 2.05) is 13.8 Å². The van der Waals surface area contributed by atoms with E-state index in [1.165, 1.54) is 11.8 Å². The Morgan fingerprint density at radius 1 is 0.660 bits per heavy atom. The van der Waals surface area contributed by atoms with Crippen molar-refractivity contribution in [2.24, 2.45) is 10.3 Å². The minimum absolute atomic E-state index is 0.0112. The molecule has 0 saturated carbocycles. The molecular formula is C33H57N5O11S. The van der Waals surface area contributed by atoms with Gasteiger partial charge in [-0.15, -0.1) is 0 Å². The quantitative estimate of drug-likeness (QED) is 0.0277. The number of esters is 1. The Balaban J connectivity index is 4.58. The summed E-state index contributed by atoms with van der Waals surface area (Å²) in [6, 6.07) is -0.594. The van der Waals surface area contributed by atoms with Crippen LogP contribution in [0.1, 0.15) is 118 Å². The first-order chi connectivity index (χ1) is 24.0. The van der Waals surface area contributed by atoms with Crippen molar-refractivity contribution >= 4 is 59.3 Å². The second-order valence-electron chi connectivity index (χ2n) is 11.3. The highest BCUT2D eigenvalue weighted by molar-refractivity contribution is 7.99. The summed E-state index contributed by atoms with van der Waals surface area (Å²) in [5, 5.41) is 21.5. The first-order valence-electron chi connectivity index (χ1n) is 17.4. The predicted octanol–water partition coefficient (Wildman–Crippen LogP) is 6.02. The Morgan fingerprint density at radius 3 is 1.88 bits per heavy atom. The van der Waals surface area contributed by atoms with E-state index in [9.17, 15) is 28.8 Å². The molecular weight excluding hydrogens is 674 g/mol. The molecule has 0 aromatic heterocycles. The van der Waals surface area contributed by atoms with E-state index < -0.39 is 30.2 Å². The molecule has 286 valence electrons. The van der Waals surface area contributed by atoms with E-state index in [0.717, 1.165) is 36.3 Å². The monoisotopic (exact) mass is 731 g/mol. The Morgan fingerprint density at radius 2 is 1.22 bits per heavy atom. The molecule has 0 aromatic rings. The minimum atomic E-state index is -0.902. The lowest BCUT2D eigenvalue weighted by atomic mass is 10.1. The summed E-state index contributed by atoms with van der Waals surface area (Å²) in [5.74, 6) is -0.951. The van der Waals surface area contributed by atoms with Crippen LogP contribution < -0.4 is 10.6 Å². The van der Waals surface area contributed by atoms with E-state index >= 15 is 0 Å². The lowest BCUT2D eigenvalue weighted by molar-refractivity contribution is -0.144. The number of urea groups is 1. The number of aliphatic carboxylic acids is 1. The summed E-state index contributed by atoms with van der Waals surface area (Å²) in [5.41, 5.74) is 1.46. The lowest BCUT2D eigenvalue weighted by Gasteiger charge is -2.21. The van der Waals surface area contributed by atoms with Crippen molar-refractivity contribution in [2.75, 3.05) is 44.4 Å². The normalized spacial score (nSPS) is 11.4. The van der Waals surface area contributed by atoms with Crippen molar-refractivity contribution in [2.45, 2.75) is 118 Å². The number of carbonyl (C=O) groups excluding carboxylic acids is 5. The number of nitrogens with zero attached hydrogens (tertiary/aromatic N) is 3. The summed E-state index contributed by atoms with van der Waals surface area (Å²) >= 11 is 1.33. The maximum atomic E-state index is 12.9. The first-order valence-corrected chi connectivity index (χ1v) is 18.5. The van der Waals surface area contributed by atoms with E-state index in [0.29, 0.717) is 75.3 Å². The third kappa shape index (κ3) is 28.0. The fourth-order valence-corrected chi connectivity index (χ4v) is 4.57. The van der Waals surface area contributed by atoms with Crippen molar-refractivity contribution in [3.63, 3.8) is 0 Å². The summed E-state index contributed by atoms with van der Waals surface area (Å²) in [6.45, 7) is 7.82. The zero-order valence-corrected chi connectivity index (χ0v) is 30.9. The molecule has 17 heteroatoms. The number of hydrogen-bond acceptors (Lipinski definition) is 13. The largest absolute Gasteiger partial charge is 0.481 e. The average Bonchev–Trinajstić information content (AvgIpc) is 3.09. The molecule has 16 nitrogen and oxygen atoms in total. The zero-order chi connectivity index (χ0) is 37.4. The molecule has 0 saturated heterocycles. The molecule has 0 radical (unpaired) electrons. The van der Waals surface area contributed by atoms with Gasteiger partial charge < -0.3 is 30.1 Å². The van der Waals surface area contributed by atoms with Crippen molar-refractivity contribution in [1.82, 2.24) is 15.5 Å². The van der Waals surface area contributed by atoms with Gasteiger partial charge in [0.05, 0.1) is 24.3 Å². The molecule has 0 aliphatic carbocycles. The predicted molar refractivity (Wildman–Crippen MR) is 190 cm³/mol. The third-order valence-corrected chi connectivity index (χ3v) is 7.96. The highest BCUT2D eigenvalue weighted by Gasteiger charge is 2.22. The van der Waals surface area contributed by atoms with Crippen LogP contribution in [0.5, 0.6) is 0 Å². The maximum absolute atomic E-state index is 12.9. The second kappa shape index (κ2) is 31.1. The Labute approximate surface area is 299 Å². The Kier molecular flexibility index (Phi) is 28.7. The van der Waals surface area contributed by atoms with Crippen LogP contribution in [0.2, 0.25) is 0 Å². The number of unbranched alkanes of at least 4 members (excludes halogenated alkanes) is 7. The van der Waals surface area contributed by atoms with Gasteiger partial charge in [-0.2, -0.15) is 11.8 Å². The number of amides is 4. The molecule has 0 bridgehead atoms. The van der Waals surface area contributed by atoms with Crippen LogP contribution in [-0.2, 0) is 33.5 Å². The van der Waals surface area contributed by atoms with Crippen LogP contribution in [0.15, 0.2) is 10.3 Å². The Hall–Kier alpha value is -3.89. The van der Waals surface area contributed by atoms with Gasteiger partial charge in [0.1, 0.15) is 13.2 Å². The number of imide groups is 1. The van der Waals surface area contributed by atoms with Crippen LogP contribution >= 0.6 is 11.8 Å². The van der Waals surface area contributed by atoms with Crippen LogP contribution in [0.3, 0.4) is 0 Å². The number of rotatable bonds is 28. The molecule has 0 aromatic carbocycles. The molecule has 4 amide bonds. The van der Waals surface area contributed by atoms with Crippen molar-refractivity contribution in [3.8, 4) is 0 Å². The number of carboxylic acid groups (broad SMARTS) is 1. The average molecular weight is 732 g/mol. The summed E-state index contributed by atoms with van der Waals surface area (Å²) in [6.07, 6.45) is 6.77. The fraction of sp³-hybridized carbons (Fsp3) is 0.758. The van der Waals surface area contributed by atoms with Gasteiger partial charge in [0, 0.05) is 37.6 Å². The van der Waals surface area contributed by atoms with E-state index in [1.54, 1.807) is 13.8 Å². The van der Waals surface area contributed by atoms with Gasteiger partial charge >= 0.3 is 36.1 Å². The number of carboxylic acids is 1. The molecule has 0 aliphatic rings. The second-order valence-corrected chi connectivity index (χ2v) is 12.5. The molecule has 0 aliphatic heterocycles. The van der Waals surface area contributed by atoms with Crippen molar-refractivity contribution < 1.29 is 53.0 Å². The number of carbonyl (C=O) groups is 6. The van der Waals surface area contributed by atoms with Gasteiger partial charge in [0.15, 0.2) is 0 Å². The smallest absolute Gasteiger partial charge is 0.433 e. The van der Waals surface area contributed by atoms with E-state index in [-0.39, 0.29) is 45.0 Å². The Bertz CT molecular complexity index is 1090. The zero-order valence-electron chi connectivity index (χ0n) is 30.1. The minimum Gasteiger partial charge on any atom is -0.481 e. The fourth-order valence-electron chi connectivity index (χ4n) is 3.74. The van der Waals surface area contributed by atoms with Gasteiger partial charge in [0.2, 0.25) is 0 Å². The molecule has 0 heterocycles. The van der Waals surface area contributed by atoms with Crippen LogP contribution in [-0.4, -0.2) is 102 Å². The molecule has 0 rings (SSSR count). The number of oxime groups is 2. The van der Waals surface area contributed by atoms with Crippen molar-refractivity contribution in [1.29, 1.82) is 0 Å². The van der Waals surface area contributed by atoms with Gasteiger partial charge in [-0.3, -0.25) is 14.4 Å². The first kappa shape index (κ1) is 46.1. The van der Waals surface area contributed by atoms with Crippen LogP contribution in [0, 0.1) is 0 Å². The number of hydrogen-bond donors (Lipinski definition) is 3. The molecule has 3 N–H and O–H groups in total. The molecule has 50 heavy (non-hydrogen) atoms. The number of ether oxygens (including phenoxy) is 2. The van der Waals surface area contributed by atoms with Crippen LogP contribution in [0.25, 0.3) is 0 Å². The standard InChI is InChI=1S/C33H57N5O11S/c1-5-26(3)36-48-30(42)16-12-8-7-9-13-19-34-31(43)38(21-15-11-10-14-20-35-32(44)49-37-27(4)6-2)33(45)47-23-22-46-29(41)18-25-50-24-17-28(39)40/h5-25H2,1-4H3,(H,34,43)(H,35,44)(H,39,40)/b36-26+,37-27+. The summed E-state index contributed by atoms with van der Waals surface area (Å²) in [7, 11) is 0. The van der Waals surface area contributed by atoms with Gasteiger partial charge in [-0.25, -0.2) is 24.1 Å². The van der Waals surface area contributed by atoms with Crippen molar-refractivity contribution in [3.05, 3.63) is 0 Å².